The van der Waals surface area contributed by atoms with Crippen LogP contribution in [0.1, 0.15) is 13.8 Å². The second kappa shape index (κ2) is 5.68. The maximum absolute atomic E-state index is 11.9. The Balaban J connectivity index is 2.61. The highest BCUT2D eigenvalue weighted by molar-refractivity contribution is 5.92. The molecule has 1 amide bonds. The van der Waals surface area contributed by atoms with Crippen LogP contribution >= 0.6 is 0 Å². The van der Waals surface area contributed by atoms with E-state index in [1.165, 1.54) is 0 Å². The number of hydrogen-bond donors (Lipinski definition) is 2. The molecule has 0 atom stereocenters. The number of carbonyl (C=O) groups is 1. The predicted molar refractivity (Wildman–Crippen MR) is 71.6 cm³/mol. The summed E-state index contributed by atoms with van der Waals surface area (Å²) in [5.74, 6) is 0.0294. The fourth-order valence-electron chi connectivity index (χ4n) is 1.61. The van der Waals surface area contributed by atoms with E-state index in [0.29, 0.717) is 12.2 Å². The zero-order chi connectivity index (χ0) is 12.9. The molecule has 0 aliphatic heterocycles. The zero-order valence-electron chi connectivity index (χ0n) is 10.9. The Morgan fingerprint density at radius 2 is 2.00 bits per heavy atom. The summed E-state index contributed by atoms with van der Waals surface area (Å²) in [7, 11) is 2.08. The lowest BCUT2D eigenvalue weighted by Gasteiger charge is -2.31. The average Bonchev–Trinajstić information content (AvgIpc) is 2.28. The molecule has 0 radical (unpaired) electrons. The van der Waals surface area contributed by atoms with Gasteiger partial charge in [0.15, 0.2) is 6.54 Å². The molecule has 0 fully saturated rings. The lowest BCUT2D eigenvalue weighted by molar-refractivity contribution is -0.898. The van der Waals surface area contributed by atoms with Crippen molar-refractivity contribution in [3.63, 3.8) is 0 Å². The van der Waals surface area contributed by atoms with Gasteiger partial charge in [0.2, 0.25) is 0 Å². The molecule has 0 bridgehead atoms. The van der Waals surface area contributed by atoms with Crippen molar-refractivity contribution in [2.75, 3.05) is 37.7 Å². The molecule has 1 aromatic rings. The number of quaternary nitrogens is 1. The fourth-order valence-corrected chi connectivity index (χ4v) is 1.61. The van der Waals surface area contributed by atoms with Gasteiger partial charge in [-0.25, -0.2) is 0 Å². The van der Waals surface area contributed by atoms with Gasteiger partial charge >= 0.3 is 0 Å². The minimum absolute atomic E-state index is 0.0294. The third kappa shape index (κ3) is 4.07. The number of nitrogens with one attached hydrogen (secondary N) is 1. The van der Waals surface area contributed by atoms with Crippen molar-refractivity contribution in [1.29, 1.82) is 0 Å². The van der Waals surface area contributed by atoms with Crippen LogP contribution in [0.15, 0.2) is 24.3 Å². The van der Waals surface area contributed by atoms with E-state index in [-0.39, 0.29) is 5.91 Å². The number of anilines is 2. The summed E-state index contributed by atoms with van der Waals surface area (Å²) in [6.07, 6.45) is 0. The number of hydrogen-bond acceptors (Lipinski definition) is 2. The Morgan fingerprint density at radius 3 is 2.53 bits per heavy atom. The van der Waals surface area contributed by atoms with Gasteiger partial charge in [0.25, 0.3) is 5.91 Å². The molecule has 0 aliphatic carbocycles. The van der Waals surface area contributed by atoms with Crippen LogP contribution in [0.4, 0.5) is 11.4 Å². The van der Waals surface area contributed by atoms with E-state index >= 15 is 0 Å². The maximum atomic E-state index is 11.9. The Hall–Kier alpha value is -1.55. The first kappa shape index (κ1) is 13.5. The number of carbonyl (C=O) groups excluding carboxylic acids is 1. The molecule has 1 aromatic carbocycles. The highest BCUT2D eigenvalue weighted by Crippen LogP contribution is 2.12. The standard InChI is InChI=1S/C13H21N3O/c1-4-16(3,5-2)10-13(17)15-12-8-6-7-11(14)9-12/h6-9H,4-5,10,14H2,1-3H3/p+1. The SMILES string of the molecule is CC[N+](C)(CC)CC(=O)Nc1cccc(N)c1. The fraction of sp³-hybridized carbons (Fsp3) is 0.462. The van der Waals surface area contributed by atoms with Crippen molar-refractivity contribution in [3.05, 3.63) is 24.3 Å². The summed E-state index contributed by atoms with van der Waals surface area (Å²) in [4.78, 5) is 11.9. The molecule has 0 spiro atoms. The van der Waals surface area contributed by atoms with Gasteiger partial charge in [-0.15, -0.1) is 0 Å². The van der Waals surface area contributed by atoms with E-state index in [1.54, 1.807) is 12.1 Å². The molecule has 4 heteroatoms. The van der Waals surface area contributed by atoms with Crippen LogP contribution in [0.25, 0.3) is 0 Å². The van der Waals surface area contributed by atoms with Gasteiger partial charge in [-0.1, -0.05) is 6.07 Å². The van der Waals surface area contributed by atoms with Crippen molar-refractivity contribution < 1.29 is 9.28 Å². The summed E-state index contributed by atoms with van der Waals surface area (Å²) in [6, 6.07) is 7.24. The van der Waals surface area contributed by atoms with Crippen molar-refractivity contribution in [3.8, 4) is 0 Å². The number of nitrogens with two attached hydrogens (primary N) is 1. The summed E-state index contributed by atoms with van der Waals surface area (Å²) in [6.45, 7) is 6.57. The van der Waals surface area contributed by atoms with E-state index in [4.69, 9.17) is 5.73 Å². The second-order valence-corrected chi connectivity index (χ2v) is 4.58. The molecular formula is C13H22N3O+. The lowest BCUT2D eigenvalue weighted by Crippen LogP contribution is -2.48. The van der Waals surface area contributed by atoms with Crippen molar-refractivity contribution in [1.82, 2.24) is 0 Å². The Bertz CT molecular complexity index is 386. The summed E-state index contributed by atoms with van der Waals surface area (Å²) in [5.41, 5.74) is 7.08. The first-order chi connectivity index (χ1) is 7.99. The lowest BCUT2D eigenvalue weighted by atomic mass is 10.3. The number of nitrogen functional groups attached to an aromatic ring is 1. The number of rotatable bonds is 5. The van der Waals surface area contributed by atoms with Crippen molar-refractivity contribution >= 4 is 17.3 Å². The topological polar surface area (TPSA) is 55.1 Å². The third-order valence-electron chi connectivity index (χ3n) is 3.22. The van der Waals surface area contributed by atoms with Crippen molar-refractivity contribution in [2.45, 2.75) is 13.8 Å². The van der Waals surface area contributed by atoms with Gasteiger partial charge in [-0.3, -0.25) is 4.79 Å². The molecule has 0 heterocycles. The van der Waals surface area contributed by atoms with Gasteiger partial charge in [0.05, 0.1) is 20.1 Å². The van der Waals surface area contributed by atoms with Crippen LogP contribution in [0.3, 0.4) is 0 Å². The minimum atomic E-state index is 0.0294. The van der Waals surface area contributed by atoms with Gasteiger partial charge in [0, 0.05) is 11.4 Å². The van der Waals surface area contributed by atoms with E-state index in [0.717, 1.165) is 23.3 Å². The first-order valence-corrected chi connectivity index (χ1v) is 5.98. The van der Waals surface area contributed by atoms with Crippen LogP contribution in [-0.2, 0) is 4.79 Å². The molecule has 0 saturated carbocycles. The van der Waals surface area contributed by atoms with Crippen LogP contribution in [0.2, 0.25) is 0 Å². The molecule has 0 aromatic heterocycles. The number of likely N-dealkylation sites (N-methyl/N-ethyl adjacent to an activating group) is 1. The highest BCUT2D eigenvalue weighted by atomic mass is 16.2. The van der Waals surface area contributed by atoms with Crippen LogP contribution in [0, 0.1) is 0 Å². The third-order valence-corrected chi connectivity index (χ3v) is 3.22. The molecule has 1 rings (SSSR count). The Labute approximate surface area is 103 Å². The summed E-state index contributed by atoms with van der Waals surface area (Å²) >= 11 is 0. The minimum Gasteiger partial charge on any atom is -0.399 e. The van der Waals surface area contributed by atoms with Crippen LogP contribution in [-0.4, -0.2) is 37.1 Å². The molecule has 17 heavy (non-hydrogen) atoms. The van der Waals surface area contributed by atoms with Gasteiger partial charge < -0.3 is 15.5 Å². The Morgan fingerprint density at radius 1 is 1.35 bits per heavy atom. The van der Waals surface area contributed by atoms with E-state index < -0.39 is 0 Å². The number of amides is 1. The van der Waals surface area contributed by atoms with Crippen LogP contribution in [0.5, 0.6) is 0 Å². The monoisotopic (exact) mass is 236 g/mol. The second-order valence-electron chi connectivity index (χ2n) is 4.58. The Kier molecular flexibility index (Phi) is 4.52. The molecular weight excluding hydrogens is 214 g/mol. The largest absolute Gasteiger partial charge is 0.399 e. The number of nitrogens with zero attached hydrogens (tertiary/aromatic N) is 1. The number of benzene rings is 1. The molecule has 3 N–H and O–H groups in total. The van der Waals surface area contributed by atoms with E-state index in [9.17, 15) is 4.79 Å². The van der Waals surface area contributed by atoms with Gasteiger partial charge in [-0.2, -0.15) is 0 Å². The predicted octanol–water partition coefficient (Wildman–Crippen LogP) is 1.69. The zero-order valence-corrected chi connectivity index (χ0v) is 10.9. The molecule has 0 saturated heterocycles. The quantitative estimate of drug-likeness (QED) is 0.604. The normalized spacial score (nSPS) is 11.2. The van der Waals surface area contributed by atoms with E-state index in [2.05, 4.69) is 26.2 Å². The van der Waals surface area contributed by atoms with Crippen molar-refractivity contribution in [2.24, 2.45) is 0 Å². The molecule has 4 nitrogen and oxygen atoms in total. The maximum Gasteiger partial charge on any atom is 0.279 e. The van der Waals surface area contributed by atoms with Crippen LogP contribution < -0.4 is 11.1 Å². The van der Waals surface area contributed by atoms with Gasteiger partial charge in [-0.05, 0) is 32.0 Å². The smallest absolute Gasteiger partial charge is 0.279 e. The first-order valence-electron chi connectivity index (χ1n) is 5.98. The summed E-state index contributed by atoms with van der Waals surface area (Å²) in [5, 5.41) is 2.87. The molecule has 0 unspecified atom stereocenters. The highest BCUT2D eigenvalue weighted by Gasteiger charge is 2.21. The molecule has 0 aliphatic rings. The van der Waals surface area contributed by atoms with Gasteiger partial charge in [0.1, 0.15) is 0 Å². The average molecular weight is 236 g/mol. The molecule has 94 valence electrons. The van der Waals surface area contributed by atoms with E-state index in [1.807, 2.05) is 12.1 Å². The summed E-state index contributed by atoms with van der Waals surface area (Å²) < 4.78 is 0.744.